The lowest BCUT2D eigenvalue weighted by molar-refractivity contribution is -0.379. The Morgan fingerprint density at radius 2 is 0.826 bits per heavy atom. The van der Waals surface area contributed by atoms with Gasteiger partial charge in [0.1, 0.15) is 73.2 Å². The van der Waals surface area contributed by atoms with Crippen molar-refractivity contribution in [3.63, 3.8) is 0 Å². The van der Waals surface area contributed by atoms with Crippen LogP contribution in [0.25, 0.3) is 0 Å². The van der Waals surface area contributed by atoms with Gasteiger partial charge in [-0.05, 0) is 12.8 Å². The van der Waals surface area contributed by atoms with Gasteiger partial charge in [-0.25, -0.2) is 0 Å². The third-order valence-electron chi connectivity index (χ3n) is 13.9. The van der Waals surface area contributed by atoms with Crippen LogP contribution in [0, 0.1) is 0 Å². The molecule has 408 valence electrons. The third kappa shape index (κ3) is 21.7. The molecule has 3 rings (SSSR count). The second-order valence-electron chi connectivity index (χ2n) is 19.7. The van der Waals surface area contributed by atoms with Crippen molar-refractivity contribution < 1.29 is 89.4 Å². The summed E-state index contributed by atoms with van der Waals surface area (Å²) in [7, 11) is 0. The Morgan fingerprint density at radius 3 is 1.26 bits per heavy atom. The highest BCUT2D eigenvalue weighted by atomic mass is 16.8. The topological polar surface area (TPSA) is 307 Å². The van der Waals surface area contributed by atoms with Crippen molar-refractivity contribution in [3.05, 3.63) is 0 Å². The maximum absolute atomic E-state index is 13.2. The molecule has 1 amide bonds. The number of ether oxygens (including phenoxy) is 6. The number of unbranched alkanes of at least 4 members (excludes halogenated alkanes) is 22. The van der Waals surface area contributed by atoms with E-state index in [0.29, 0.717) is 12.8 Å². The summed E-state index contributed by atoms with van der Waals surface area (Å²) in [5.74, 6) is -0.245. The zero-order valence-electron chi connectivity index (χ0n) is 41.8. The third-order valence-corrected chi connectivity index (χ3v) is 13.9. The molecule has 0 bridgehead atoms. The van der Waals surface area contributed by atoms with E-state index in [-0.39, 0.29) is 18.9 Å². The fourth-order valence-corrected chi connectivity index (χ4v) is 9.43. The van der Waals surface area contributed by atoms with E-state index in [2.05, 4.69) is 19.2 Å². The minimum absolute atomic E-state index is 0.245. The van der Waals surface area contributed by atoms with Gasteiger partial charge in [0.15, 0.2) is 18.9 Å². The van der Waals surface area contributed by atoms with Crippen LogP contribution >= 0.6 is 0 Å². The van der Waals surface area contributed by atoms with E-state index in [1.165, 1.54) is 103 Å². The Bertz CT molecular complexity index is 1290. The van der Waals surface area contributed by atoms with Crippen LogP contribution in [-0.4, -0.2) is 193 Å². The summed E-state index contributed by atoms with van der Waals surface area (Å²) >= 11 is 0. The number of aliphatic hydroxyl groups excluding tert-OH is 11. The molecule has 17 atom stereocenters. The molecule has 0 saturated carbocycles. The fraction of sp³-hybridized carbons (Fsp3) is 0.980. The van der Waals surface area contributed by atoms with Crippen molar-refractivity contribution in [2.24, 2.45) is 0 Å². The van der Waals surface area contributed by atoms with Gasteiger partial charge in [-0.1, -0.05) is 162 Å². The van der Waals surface area contributed by atoms with Gasteiger partial charge in [-0.15, -0.1) is 0 Å². The summed E-state index contributed by atoms with van der Waals surface area (Å²) in [5, 5.41) is 120. The summed E-state index contributed by atoms with van der Waals surface area (Å²) in [6.07, 6.45) is 2.11. The average molecular weight is 998 g/mol. The van der Waals surface area contributed by atoms with E-state index < -0.39 is 124 Å². The van der Waals surface area contributed by atoms with Gasteiger partial charge in [0.25, 0.3) is 0 Å². The van der Waals surface area contributed by atoms with Crippen molar-refractivity contribution in [2.75, 3.05) is 26.4 Å². The number of rotatable bonds is 38. The lowest BCUT2D eigenvalue weighted by Crippen LogP contribution is -2.66. The van der Waals surface area contributed by atoms with Crippen LogP contribution < -0.4 is 5.32 Å². The van der Waals surface area contributed by atoms with Crippen LogP contribution in [0.3, 0.4) is 0 Å². The van der Waals surface area contributed by atoms with E-state index in [1.807, 2.05) is 0 Å². The fourth-order valence-electron chi connectivity index (χ4n) is 9.43. The molecule has 3 aliphatic heterocycles. The molecule has 0 aromatic rings. The summed E-state index contributed by atoms with van der Waals surface area (Å²) < 4.78 is 34.2. The first-order chi connectivity index (χ1) is 33.3. The molecule has 0 aromatic carbocycles. The lowest BCUT2D eigenvalue weighted by Gasteiger charge is -2.48. The molecule has 0 aliphatic carbocycles. The Balaban J connectivity index is 1.54. The van der Waals surface area contributed by atoms with E-state index in [4.69, 9.17) is 28.4 Å². The molecule has 19 nitrogen and oxygen atoms in total. The molecule has 0 spiro atoms. The number of carbonyl (C=O) groups excluding carboxylic acids is 1. The molecule has 0 aromatic heterocycles. The predicted octanol–water partition coefficient (Wildman–Crippen LogP) is 2.48. The Kier molecular flexibility index (Phi) is 32.3. The standard InChI is InChI=1S/C50H95NO18/c1-3-5-7-9-11-13-15-16-17-18-19-21-23-25-27-34(55)33(51-38(56)28-26-24-22-20-14-12-10-8-6-4-2)32-64-48-44(62)41(59)46(36(30-53)66-48)69-50-45(63)42(60)47(37(31-54)67-50)68-49-43(61)40(58)39(57)35(29-52)65-49/h33-37,39-50,52-55,57-63H,3-32H2,1-2H3,(H,51,56). The molecule has 19 heteroatoms. The van der Waals surface area contributed by atoms with Crippen molar-refractivity contribution in [1.82, 2.24) is 5.32 Å². The van der Waals surface area contributed by atoms with Crippen LogP contribution in [0.4, 0.5) is 0 Å². The Morgan fingerprint density at radius 1 is 0.464 bits per heavy atom. The number of carbonyl (C=O) groups is 1. The molecule has 3 saturated heterocycles. The highest BCUT2D eigenvalue weighted by Gasteiger charge is 2.53. The SMILES string of the molecule is CCCCCCCCCCCCCCCCC(O)C(COC1OC(CO)C(OC2OC(CO)C(OC3OC(CO)C(O)C(O)C3O)C(O)C2O)C(O)C1O)NC(=O)CCCCCCCCCCCC. The van der Waals surface area contributed by atoms with Gasteiger partial charge in [-0.3, -0.25) is 4.79 Å². The summed E-state index contributed by atoms with van der Waals surface area (Å²) in [4.78, 5) is 13.2. The molecular formula is C50H95NO18. The first kappa shape index (κ1) is 62.1. The van der Waals surface area contributed by atoms with E-state index >= 15 is 0 Å². The Labute approximate surface area is 411 Å². The number of aliphatic hydroxyl groups is 11. The lowest BCUT2D eigenvalue weighted by atomic mass is 9.96. The molecule has 12 N–H and O–H groups in total. The highest BCUT2D eigenvalue weighted by molar-refractivity contribution is 5.76. The van der Waals surface area contributed by atoms with Gasteiger partial charge in [0.2, 0.25) is 5.91 Å². The van der Waals surface area contributed by atoms with Crippen LogP contribution in [0.5, 0.6) is 0 Å². The summed E-state index contributed by atoms with van der Waals surface area (Å²) in [6, 6.07) is -0.877. The van der Waals surface area contributed by atoms with Gasteiger partial charge < -0.3 is 89.9 Å². The van der Waals surface area contributed by atoms with E-state index in [0.717, 1.165) is 44.9 Å². The molecule has 3 heterocycles. The second kappa shape index (κ2) is 35.9. The van der Waals surface area contributed by atoms with Gasteiger partial charge in [0, 0.05) is 6.42 Å². The highest BCUT2D eigenvalue weighted by Crippen LogP contribution is 2.33. The molecule has 0 radical (unpaired) electrons. The number of hydrogen-bond acceptors (Lipinski definition) is 18. The van der Waals surface area contributed by atoms with Crippen molar-refractivity contribution >= 4 is 5.91 Å². The second-order valence-corrected chi connectivity index (χ2v) is 19.7. The van der Waals surface area contributed by atoms with Crippen molar-refractivity contribution in [1.29, 1.82) is 0 Å². The van der Waals surface area contributed by atoms with Crippen molar-refractivity contribution in [3.8, 4) is 0 Å². The van der Waals surface area contributed by atoms with Crippen LogP contribution in [0.1, 0.15) is 181 Å². The minimum Gasteiger partial charge on any atom is -0.394 e. The molecule has 69 heavy (non-hydrogen) atoms. The van der Waals surface area contributed by atoms with E-state index in [9.17, 15) is 61.0 Å². The summed E-state index contributed by atoms with van der Waals surface area (Å²) in [6.45, 7) is 1.75. The zero-order chi connectivity index (χ0) is 50.6. The van der Waals surface area contributed by atoms with Crippen LogP contribution in [0.15, 0.2) is 0 Å². The smallest absolute Gasteiger partial charge is 0.220 e. The van der Waals surface area contributed by atoms with Gasteiger partial charge >= 0.3 is 0 Å². The maximum Gasteiger partial charge on any atom is 0.220 e. The monoisotopic (exact) mass is 998 g/mol. The predicted molar refractivity (Wildman–Crippen MR) is 254 cm³/mol. The minimum atomic E-state index is -1.97. The number of amides is 1. The van der Waals surface area contributed by atoms with Crippen LogP contribution in [-0.2, 0) is 33.2 Å². The quantitative estimate of drug-likeness (QED) is 0.0396. The average Bonchev–Trinajstić information content (AvgIpc) is 3.34. The van der Waals surface area contributed by atoms with E-state index in [1.54, 1.807) is 0 Å². The first-order valence-electron chi connectivity index (χ1n) is 26.8. The zero-order valence-corrected chi connectivity index (χ0v) is 41.8. The maximum atomic E-state index is 13.2. The number of nitrogens with one attached hydrogen (secondary N) is 1. The molecule has 3 aliphatic rings. The largest absolute Gasteiger partial charge is 0.394 e. The van der Waals surface area contributed by atoms with Gasteiger partial charge in [0.05, 0.1) is 38.6 Å². The normalized spacial score (nSPS) is 32.8. The molecular weight excluding hydrogens is 903 g/mol. The molecule has 17 unspecified atom stereocenters. The van der Waals surface area contributed by atoms with Gasteiger partial charge in [-0.2, -0.15) is 0 Å². The summed E-state index contributed by atoms with van der Waals surface area (Å²) in [5.41, 5.74) is 0. The number of hydrogen-bond donors (Lipinski definition) is 12. The Hall–Kier alpha value is -1.21. The van der Waals surface area contributed by atoms with Crippen LogP contribution in [0.2, 0.25) is 0 Å². The van der Waals surface area contributed by atoms with Crippen molar-refractivity contribution in [2.45, 2.75) is 285 Å². The molecule has 3 fully saturated rings. The first-order valence-corrected chi connectivity index (χ1v) is 26.8.